The standard InChI is InChI=1S/C26H62O8Si6.C21H15BF5I.C17H40O4Si4/c1-14-27-40(28-15-2,29-16-3)22-21-39(13,32-36(7,8)9)34-38(12,33-37(10,11)31-35(4,5)6)20-19-24-17-18-25-26(23-24)30-25;1-11(2)12-3-7-14(8-4-12)28-15-9-5-13(6-10-15)22-16-17(23)19(25)21(27)20(26)18(16)24;1-22(2,3)19-24(7,8)21-25(9,20-23(4,5)6)13-12-15-10-11-16-17(14-15)18-16/h24-26H,14-23H2,1-13H3;3-11H,1-2H3;15-17H,10-14H2,1-9H3/q;-1;. The van der Waals surface area contributed by atoms with Crippen LogP contribution in [0.2, 0.25) is 149 Å². The average molecular weight is 1590 g/mol. The molecule has 0 N–H and O–H groups in total. The van der Waals surface area contributed by atoms with Gasteiger partial charge in [-0.15, -0.1) is 0 Å². The molecule has 2 saturated carbocycles. The van der Waals surface area contributed by atoms with E-state index in [9.17, 15) is 22.0 Å². The summed E-state index contributed by atoms with van der Waals surface area (Å²) in [6, 6.07) is 18.7. The van der Waals surface area contributed by atoms with Crippen LogP contribution >= 0.6 is 0 Å². The Labute approximate surface area is 580 Å². The molecule has 0 bridgehead atoms. The van der Waals surface area contributed by atoms with E-state index in [-0.39, 0.29) is 0 Å². The van der Waals surface area contributed by atoms with Gasteiger partial charge in [-0.25, -0.2) is 0 Å². The summed E-state index contributed by atoms with van der Waals surface area (Å²) in [5.41, 5.74) is 0.676. The number of fused-ring (bicyclic) bond motifs is 2. The Bertz CT molecular complexity index is 2780. The first kappa shape index (κ1) is 83.5. The zero-order valence-electron chi connectivity index (χ0n) is 61.0. The Hall–Kier alpha value is -0.206. The molecule has 12 nitrogen and oxygen atoms in total. The van der Waals surface area contributed by atoms with Gasteiger partial charge in [-0.1, -0.05) is 0 Å². The molecule has 0 spiro atoms. The number of hydrogen-bond acceptors (Lipinski definition) is 12. The summed E-state index contributed by atoms with van der Waals surface area (Å²) in [4.78, 5) is 0. The van der Waals surface area contributed by atoms with Gasteiger partial charge < -0.3 is 51.6 Å². The fourth-order valence-electron chi connectivity index (χ4n) is 13.1. The van der Waals surface area contributed by atoms with Crippen LogP contribution in [0.3, 0.4) is 0 Å². The number of rotatable bonds is 34. The van der Waals surface area contributed by atoms with E-state index in [0.717, 1.165) is 41.3 Å². The van der Waals surface area contributed by atoms with Gasteiger partial charge in [0, 0.05) is 25.9 Å². The Morgan fingerprint density at radius 1 is 0.430 bits per heavy atom. The molecule has 2 heterocycles. The molecular formula is C64H117BF5IO12Si10-. The van der Waals surface area contributed by atoms with Crippen LogP contribution in [0.15, 0.2) is 48.5 Å². The van der Waals surface area contributed by atoms with Crippen LogP contribution in [-0.2, 0) is 51.6 Å². The van der Waals surface area contributed by atoms with Crippen LogP contribution < -0.4 is 32.1 Å². The van der Waals surface area contributed by atoms with E-state index in [1.807, 2.05) is 32.9 Å². The Kier molecular flexibility index (Phi) is 31.1. The molecule has 2 aliphatic carbocycles. The monoisotopic (exact) mass is 1590 g/mol. The van der Waals surface area contributed by atoms with E-state index in [1.54, 1.807) is 12.1 Å². The van der Waals surface area contributed by atoms with Gasteiger partial charge in [0.15, 0.2) is 33.3 Å². The molecular weight excluding hydrogens is 1470 g/mol. The fraction of sp³-hybridized carbons (Fsp3) is 0.719. The maximum Gasteiger partial charge on any atom is 0.500 e. The molecule has 9 unspecified atom stereocenters. The Balaban J connectivity index is 0.000000261. The predicted molar refractivity (Wildman–Crippen MR) is 388 cm³/mol. The number of epoxide rings is 2. The van der Waals surface area contributed by atoms with Crippen molar-refractivity contribution in [3.63, 3.8) is 0 Å². The molecule has 3 aromatic rings. The molecule has 29 heteroatoms. The van der Waals surface area contributed by atoms with Crippen molar-refractivity contribution in [2.24, 2.45) is 11.8 Å². The second-order valence-corrected chi connectivity index (χ2v) is 73.5. The zero-order chi connectivity index (χ0) is 70.0. The predicted octanol–water partition coefficient (Wildman–Crippen LogP) is 14.3. The maximum atomic E-state index is 13.8. The maximum absolute atomic E-state index is 13.8. The Morgan fingerprint density at radius 3 is 1.14 bits per heavy atom. The molecule has 2 saturated heterocycles. The largest absolute Gasteiger partial charge is 0.500 e. The van der Waals surface area contributed by atoms with Gasteiger partial charge in [-0.2, -0.15) is 0 Å². The van der Waals surface area contributed by atoms with Crippen LogP contribution in [0.5, 0.6) is 0 Å². The minimum atomic E-state index is -2.84. The topological polar surface area (TPSA) is 117 Å². The molecule has 3 aromatic carbocycles. The quantitative estimate of drug-likeness (QED) is 0.0141. The smallest absolute Gasteiger partial charge is 0.437 e. The van der Waals surface area contributed by atoms with E-state index in [2.05, 4.69) is 163 Å². The molecule has 4 aliphatic rings. The first-order valence-electron chi connectivity index (χ1n) is 34.0. The molecule has 0 amide bonds. The van der Waals surface area contributed by atoms with Gasteiger partial charge in [-0.3, -0.25) is 0 Å². The van der Waals surface area contributed by atoms with Crippen molar-refractivity contribution in [2.75, 3.05) is 19.8 Å². The van der Waals surface area contributed by atoms with Gasteiger partial charge in [-0.05, 0) is 226 Å². The SMILES string of the molecule is CC(C)c1ccc([I-]c2ccc([B]c3c(F)c(F)c(F)c(F)c3F)cc2)cc1.CCO[Si](CC[Si](C)(O[Si](C)(C)C)O[Si](C)(CCC1CCC2OC2C1)O[Si](C)(C)O[Si](C)(C)C)(OCC)OCC.C[Si](C)(C)O[Si](C)(C)O[Si](C)(CCC1CCC2OC2C1)O[Si](C)(C)C. The van der Waals surface area contributed by atoms with Crippen molar-refractivity contribution in [3.05, 3.63) is 90.3 Å². The summed E-state index contributed by atoms with van der Waals surface area (Å²) in [6.07, 6.45) is 11.9. The van der Waals surface area contributed by atoms with Gasteiger partial charge in [0.05, 0.1) is 24.4 Å². The summed E-state index contributed by atoms with van der Waals surface area (Å²) < 4.78 is 148. The van der Waals surface area contributed by atoms with Crippen molar-refractivity contribution in [1.82, 2.24) is 0 Å². The normalized spacial score (nSPS) is 22.3. The van der Waals surface area contributed by atoms with Crippen LogP contribution in [0.4, 0.5) is 22.0 Å². The molecule has 9 atom stereocenters. The van der Waals surface area contributed by atoms with E-state index < -0.39 is 141 Å². The number of benzene rings is 3. The first-order chi connectivity index (χ1) is 42.7. The molecule has 1 radical (unpaired) electrons. The summed E-state index contributed by atoms with van der Waals surface area (Å²) in [5.74, 6) is -7.80. The summed E-state index contributed by atoms with van der Waals surface area (Å²) >= 11 is -0.437. The molecule has 93 heavy (non-hydrogen) atoms. The van der Waals surface area contributed by atoms with Crippen LogP contribution in [0.25, 0.3) is 0 Å². The first-order valence-corrected chi connectivity index (χ1v) is 65.0. The summed E-state index contributed by atoms with van der Waals surface area (Å²) in [5, 5.41) is 0. The van der Waals surface area contributed by atoms with Crippen molar-refractivity contribution in [3.8, 4) is 0 Å². The Morgan fingerprint density at radius 2 is 0.785 bits per heavy atom. The van der Waals surface area contributed by atoms with Crippen molar-refractivity contribution >= 4 is 103 Å². The second kappa shape index (κ2) is 34.6. The fourth-order valence-corrected chi connectivity index (χ4v) is 61.4. The van der Waals surface area contributed by atoms with Crippen molar-refractivity contribution in [2.45, 2.75) is 265 Å². The van der Waals surface area contributed by atoms with Gasteiger partial charge >= 0.3 is 223 Å². The minimum Gasteiger partial charge on any atom is -0.437 e. The van der Waals surface area contributed by atoms with Crippen LogP contribution in [-0.4, -0.2) is 136 Å². The van der Waals surface area contributed by atoms with E-state index in [1.165, 1.54) is 54.1 Å². The third-order valence-electron chi connectivity index (χ3n) is 15.9. The van der Waals surface area contributed by atoms with Gasteiger partial charge in [0.1, 0.15) is 0 Å². The van der Waals surface area contributed by atoms with E-state index in [4.69, 9.17) is 51.6 Å². The molecule has 0 aromatic heterocycles. The third kappa shape index (κ3) is 29.4. The molecule has 2 aliphatic heterocycles. The van der Waals surface area contributed by atoms with Crippen molar-refractivity contribution < 1.29 is 94.7 Å². The number of halogens is 6. The second-order valence-electron chi connectivity index (χ2n) is 31.2. The number of hydrogen-bond donors (Lipinski definition) is 0. The summed E-state index contributed by atoms with van der Waals surface area (Å²) in [7, 11) is -21.1. The van der Waals surface area contributed by atoms with Gasteiger partial charge in [0.2, 0.25) is 0 Å². The molecule has 531 valence electrons. The molecule has 4 fully saturated rings. The summed E-state index contributed by atoms with van der Waals surface area (Å²) in [6.45, 7) is 54.6. The zero-order valence-corrected chi connectivity index (χ0v) is 73.2. The van der Waals surface area contributed by atoms with Crippen LogP contribution in [0.1, 0.15) is 97.5 Å². The third-order valence-corrected chi connectivity index (χ3v) is 53.7. The molecule has 7 rings (SSSR count). The minimum absolute atomic E-state index is 0.353. The average Bonchev–Trinajstić information content (AvgIpc) is 1.24. The van der Waals surface area contributed by atoms with E-state index >= 15 is 0 Å². The number of ether oxygens (including phenoxy) is 2. The van der Waals surface area contributed by atoms with Crippen molar-refractivity contribution in [1.29, 1.82) is 0 Å². The van der Waals surface area contributed by atoms with Crippen LogP contribution in [0, 0.1) is 48.1 Å². The van der Waals surface area contributed by atoms with Gasteiger partial charge in [0.25, 0.3) is 0 Å². The van der Waals surface area contributed by atoms with E-state index in [0.29, 0.717) is 67.6 Å².